The SMILES string of the molecule is CCNCCc1ccccc1CN(CC)C(C)CC. The third-order valence-corrected chi connectivity index (χ3v) is 3.93. The summed E-state index contributed by atoms with van der Waals surface area (Å²) in [6, 6.07) is 9.54. The normalized spacial score (nSPS) is 12.9. The standard InChI is InChI=1S/C17H30N2/c1-5-15(4)19(7-3)14-17-11-9-8-10-16(17)12-13-18-6-2/h8-11,15,18H,5-7,12-14H2,1-4H3. The van der Waals surface area contributed by atoms with Crippen LogP contribution >= 0.6 is 0 Å². The summed E-state index contributed by atoms with van der Waals surface area (Å²) in [5.74, 6) is 0. The third-order valence-electron chi connectivity index (χ3n) is 3.93. The molecule has 1 atom stereocenters. The van der Waals surface area contributed by atoms with Crippen LogP contribution in [0.25, 0.3) is 0 Å². The van der Waals surface area contributed by atoms with Gasteiger partial charge in [0.05, 0.1) is 0 Å². The minimum atomic E-state index is 0.659. The van der Waals surface area contributed by atoms with E-state index >= 15 is 0 Å². The van der Waals surface area contributed by atoms with Crippen LogP contribution in [0.15, 0.2) is 24.3 Å². The van der Waals surface area contributed by atoms with E-state index < -0.39 is 0 Å². The van der Waals surface area contributed by atoms with Crippen LogP contribution in [0.2, 0.25) is 0 Å². The molecule has 2 nitrogen and oxygen atoms in total. The molecule has 1 aromatic rings. The van der Waals surface area contributed by atoms with E-state index in [0.717, 1.165) is 32.6 Å². The largest absolute Gasteiger partial charge is 0.317 e. The van der Waals surface area contributed by atoms with E-state index in [-0.39, 0.29) is 0 Å². The number of hydrogen-bond acceptors (Lipinski definition) is 2. The van der Waals surface area contributed by atoms with Gasteiger partial charge in [0.2, 0.25) is 0 Å². The van der Waals surface area contributed by atoms with Gasteiger partial charge in [-0.3, -0.25) is 4.90 Å². The molecule has 0 radical (unpaired) electrons. The molecule has 0 fully saturated rings. The second-order valence-electron chi connectivity index (χ2n) is 5.19. The number of hydrogen-bond donors (Lipinski definition) is 1. The van der Waals surface area contributed by atoms with E-state index in [4.69, 9.17) is 0 Å². The van der Waals surface area contributed by atoms with Crippen molar-refractivity contribution < 1.29 is 0 Å². The van der Waals surface area contributed by atoms with Crippen LogP contribution < -0.4 is 5.32 Å². The summed E-state index contributed by atoms with van der Waals surface area (Å²) in [5, 5.41) is 3.41. The van der Waals surface area contributed by atoms with Crippen molar-refractivity contribution in [3.63, 3.8) is 0 Å². The maximum Gasteiger partial charge on any atom is 0.0239 e. The summed E-state index contributed by atoms with van der Waals surface area (Å²) in [5.41, 5.74) is 2.98. The number of nitrogens with zero attached hydrogens (tertiary/aromatic N) is 1. The molecule has 0 saturated heterocycles. The maximum absolute atomic E-state index is 3.41. The van der Waals surface area contributed by atoms with Crippen molar-refractivity contribution in [1.29, 1.82) is 0 Å². The predicted molar refractivity (Wildman–Crippen MR) is 84.5 cm³/mol. The molecular formula is C17H30N2. The molecule has 1 N–H and O–H groups in total. The lowest BCUT2D eigenvalue weighted by Crippen LogP contribution is -2.32. The molecule has 0 aliphatic carbocycles. The van der Waals surface area contributed by atoms with E-state index in [1.807, 2.05) is 0 Å². The molecule has 1 unspecified atom stereocenters. The molecule has 2 heteroatoms. The first-order valence-corrected chi connectivity index (χ1v) is 7.74. The highest BCUT2D eigenvalue weighted by molar-refractivity contribution is 5.27. The van der Waals surface area contributed by atoms with Crippen molar-refractivity contribution in [2.24, 2.45) is 0 Å². The quantitative estimate of drug-likeness (QED) is 0.686. The van der Waals surface area contributed by atoms with Gasteiger partial charge in [-0.2, -0.15) is 0 Å². The van der Waals surface area contributed by atoms with Crippen LogP contribution in [-0.2, 0) is 13.0 Å². The Bertz CT molecular complexity index is 349. The summed E-state index contributed by atoms with van der Waals surface area (Å²) >= 11 is 0. The van der Waals surface area contributed by atoms with E-state index in [2.05, 4.69) is 62.2 Å². The van der Waals surface area contributed by atoms with Gasteiger partial charge in [0.1, 0.15) is 0 Å². The first-order chi connectivity index (χ1) is 9.22. The van der Waals surface area contributed by atoms with E-state index in [0.29, 0.717) is 6.04 Å². The van der Waals surface area contributed by atoms with E-state index in [9.17, 15) is 0 Å². The lowest BCUT2D eigenvalue weighted by atomic mass is 10.0. The Kier molecular flexibility index (Phi) is 7.76. The fourth-order valence-corrected chi connectivity index (χ4v) is 2.41. The van der Waals surface area contributed by atoms with Crippen LogP contribution in [0.5, 0.6) is 0 Å². The van der Waals surface area contributed by atoms with Gasteiger partial charge in [-0.25, -0.2) is 0 Å². The average molecular weight is 262 g/mol. The van der Waals surface area contributed by atoms with Crippen LogP contribution in [0.3, 0.4) is 0 Å². The lowest BCUT2D eigenvalue weighted by molar-refractivity contribution is 0.205. The number of benzene rings is 1. The zero-order valence-corrected chi connectivity index (χ0v) is 13.1. The topological polar surface area (TPSA) is 15.3 Å². The molecule has 1 rings (SSSR count). The van der Waals surface area contributed by atoms with Gasteiger partial charge < -0.3 is 5.32 Å². The van der Waals surface area contributed by atoms with Gasteiger partial charge in [0.25, 0.3) is 0 Å². The van der Waals surface area contributed by atoms with Crippen molar-refractivity contribution >= 4 is 0 Å². The molecule has 0 bridgehead atoms. The van der Waals surface area contributed by atoms with Crippen molar-refractivity contribution in [2.75, 3.05) is 19.6 Å². The van der Waals surface area contributed by atoms with Gasteiger partial charge in [0, 0.05) is 12.6 Å². The zero-order valence-electron chi connectivity index (χ0n) is 13.1. The third kappa shape index (κ3) is 5.33. The number of likely N-dealkylation sites (N-methyl/N-ethyl adjacent to an activating group) is 1. The monoisotopic (exact) mass is 262 g/mol. The van der Waals surface area contributed by atoms with Crippen LogP contribution in [0.4, 0.5) is 0 Å². The van der Waals surface area contributed by atoms with Gasteiger partial charge in [-0.15, -0.1) is 0 Å². The molecule has 0 aliphatic heterocycles. The fraction of sp³-hybridized carbons (Fsp3) is 0.647. The number of nitrogens with one attached hydrogen (secondary N) is 1. The summed E-state index contributed by atoms with van der Waals surface area (Å²) < 4.78 is 0. The molecule has 19 heavy (non-hydrogen) atoms. The fourth-order valence-electron chi connectivity index (χ4n) is 2.41. The Morgan fingerprint density at radius 1 is 1.11 bits per heavy atom. The summed E-state index contributed by atoms with van der Waals surface area (Å²) in [6.45, 7) is 13.3. The van der Waals surface area contributed by atoms with Gasteiger partial charge in [0.15, 0.2) is 0 Å². The van der Waals surface area contributed by atoms with Crippen molar-refractivity contribution in [1.82, 2.24) is 10.2 Å². The highest BCUT2D eigenvalue weighted by atomic mass is 15.1. The molecule has 0 spiro atoms. The summed E-state index contributed by atoms with van der Waals surface area (Å²) in [6.07, 6.45) is 2.34. The van der Waals surface area contributed by atoms with Crippen molar-refractivity contribution in [2.45, 2.75) is 53.1 Å². The molecule has 0 saturated carbocycles. The second-order valence-corrected chi connectivity index (χ2v) is 5.19. The van der Waals surface area contributed by atoms with Crippen LogP contribution in [-0.4, -0.2) is 30.6 Å². The van der Waals surface area contributed by atoms with E-state index in [1.54, 1.807) is 0 Å². The smallest absolute Gasteiger partial charge is 0.0239 e. The Balaban J connectivity index is 2.70. The molecule has 1 aromatic carbocycles. The molecule has 0 aliphatic rings. The molecule has 0 amide bonds. The minimum absolute atomic E-state index is 0.659. The molecule has 0 heterocycles. The Morgan fingerprint density at radius 2 is 1.79 bits per heavy atom. The Morgan fingerprint density at radius 3 is 2.37 bits per heavy atom. The summed E-state index contributed by atoms with van der Waals surface area (Å²) in [7, 11) is 0. The van der Waals surface area contributed by atoms with Crippen molar-refractivity contribution in [3.8, 4) is 0 Å². The summed E-state index contributed by atoms with van der Waals surface area (Å²) in [4.78, 5) is 2.56. The first kappa shape index (κ1) is 16.2. The second kappa shape index (κ2) is 9.11. The van der Waals surface area contributed by atoms with Crippen molar-refractivity contribution in [3.05, 3.63) is 35.4 Å². The van der Waals surface area contributed by atoms with Gasteiger partial charge >= 0.3 is 0 Å². The average Bonchev–Trinajstić information content (AvgIpc) is 2.45. The highest BCUT2D eigenvalue weighted by Gasteiger charge is 2.12. The van der Waals surface area contributed by atoms with Crippen LogP contribution in [0.1, 0.15) is 45.2 Å². The lowest BCUT2D eigenvalue weighted by Gasteiger charge is -2.28. The minimum Gasteiger partial charge on any atom is -0.317 e. The number of rotatable bonds is 9. The van der Waals surface area contributed by atoms with Crippen LogP contribution in [0, 0.1) is 0 Å². The highest BCUT2D eigenvalue weighted by Crippen LogP contribution is 2.15. The maximum atomic E-state index is 3.41. The predicted octanol–water partition coefficient (Wildman–Crippen LogP) is 3.46. The Labute approximate surface area is 119 Å². The molecule has 108 valence electrons. The Hall–Kier alpha value is -0.860. The molecule has 0 aromatic heterocycles. The van der Waals surface area contributed by atoms with Gasteiger partial charge in [-0.1, -0.05) is 45.0 Å². The molecular weight excluding hydrogens is 232 g/mol. The zero-order chi connectivity index (χ0) is 14.1. The van der Waals surface area contributed by atoms with E-state index in [1.165, 1.54) is 17.5 Å². The first-order valence-electron chi connectivity index (χ1n) is 7.74. The van der Waals surface area contributed by atoms with Gasteiger partial charge in [-0.05, 0) is 50.5 Å².